The molecule has 3 amide bonds. The maximum Gasteiger partial charge on any atom is 0.326 e. The third kappa shape index (κ3) is 4.59. The Morgan fingerprint density at radius 1 is 0.970 bits per heavy atom. The number of esters is 1. The van der Waals surface area contributed by atoms with Crippen molar-refractivity contribution in [2.75, 3.05) is 18.0 Å². The van der Waals surface area contributed by atoms with Gasteiger partial charge in [-0.15, -0.1) is 0 Å². The number of ether oxygens (including phenoxy) is 1. The Morgan fingerprint density at radius 3 is 2.27 bits per heavy atom. The highest BCUT2D eigenvalue weighted by atomic mass is 16.6. The monoisotopic (exact) mass is 445 g/mol. The van der Waals surface area contributed by atoms with E-state index >= 15 is 0 Å². The van der Waals surface area contributed by atoms with Crippen molar-refractivity contribution in [2.24, 2.45) is 0 Å². The van der Waals surface area contributed by atoms with E-state index in [1.807, 2.05) is 6.07 Å². The summed E-state index contributed by atoms with van der Waals surface area (Å²) in [6, 6.07) is 15.2. The van der Waals surface area contributed by atoms with Gasteiger partial charge >= 0.3 is 5.97 Å². The van der Waals surface area contributed by atoms with E-state index in [-0.39, 0.29) is 17.7 Å². The smallest absolute Gasteiger partial charge is 0.326 e. The highest BCUT2D eigenvalue weighted by Crippen LogP contribution is 2.25. The van der Waals surface area contributed by atoms with Crippen molar-refractivity contribution in [1.29, 1.82) is 0 Å². The van der Waals surface area contributed by atoms with E-state index in [2.05, 4.69) is 4.98 Å². The van der Waals surface area contributed by atoms with Gasteiger partial charge in [-0.3, -0.25) is 34.0 Å². The molecule has 168 valence electrons. The van der Waals surface area contributed by atoms with Crippen LogP contribution >= 0.6 is 0 Å². The van der Waals surface area contributed by atoms with E-state index in [4.69, 9.17) is 4.74 Å². The Labute approximate surface area is 190 Å². The molecule has 0 aliphatic carbocycles. The molecule has 4 rings (SSSR count). The lowest BCUT2D eigenvalue weighted by Crippen LogP contribution is -2.45. The number of amides is 3. The van der Waals surface area contributed by atoms with Crippen LogP contribution in [-0.4, -0.2) is 52.3 Å². The number of pyridine rings is 1. The van der Waals surface area contributed by atoms with Crippen LogP contribution in [0.4, 0.5) is 5.69 Å². The summed E-state index contributed by atoms with van der Waals surface area (Å²) in [6.07, 6.45) is 1.66. The molecule has 1 aromatic heterocycles. The van der Waals surface area contributed by atoms with Gasteiger partial charge in [0.2, 0.25) is 5.91 Å². The van der Waals surface area contributed by atoms with Crippen molar-refractivity contribution >= 4 is 40.3 Å². The van der Waals surface area contributed by atoms with Crippen molar-refractivity contribution in [2.45, 2.75) is 26.4 Å². The highest BCUT2D eigenvalue weighted by molar-refractivity contribution is 6.23. The molecule has 8 nitrogen and oxygen atoms in total. The molecule has 0 saturated heterocycles. The zero-order valence-electron chi connectivity index (χ0n) is 18.6. The molecule has 0 radical (unpaired) electrons. The second-order valence-corrected chi connectivity index (χ2v) is 8.69. The Balaban J connectivity index is 1.63. The van der Waals surface area contributed by atoms with Crippen LogP contribution in [0.25, 0.3) is 10.9 Å². The first-order chi connectivity index (χ1) is 15.6. The van der Waals surface area contributed by atoms with E-state index in [0.29, 0.717) is 5.69 Å². The maximum atomic E-state index is 13.3. The molecule has 3 aromatic rings. The molecule has 1 aliphatic rings. The summed E-state index contributed by atoms with van der Waals surface area (Å²) < 4.78 is 5.40. The van der Waals surface area contributed by atoms with Crippen LogP contribution in [0.5, 0.6) is 0 Å². The third-order valence-electron chi connectivity index (χ3n) is 5.08. The first-order valence-corrected chi connectivity index (χ1v) is 10.5. The molecular weight excluding hydrogens is 422 g/mol. The number of benzene rings is 2. The number of hydrogen-bond donors (Lipinski definition) is 0. The molecule has 0 saturated carbocycles. The topological polar surface area (TPSA) is 96.9 Å². The molecule has 1 aliphatic heterocycles. The summed E-state index contributed by atoms with van der Waals surface area (Å²) in [6.45, 7) is 4.33. The number of anilines is 1. The molecule has 0 N–H and O–H groups in total. The number of rotatable bonds is 5. The van der Waals surface area contributed by atoms with Gasteiger partial charge in [0, 0.05) is 17.3 Å². The first-order valence-electron chi connectivity index (χ1n) is 10.5. The third-order valence-corrected chi connectivity index (χ3v) is 5.08. The molecule has 2 heterocycles. The minimum atomic E-state index is -0.734. The number of carbonyl (C=O) groups excluding carboxylic acids is 4. The lowest BCUT2D eigenvalue weighted by atomic mass is 10.1. The van der Waals surface area contributed by atoms with E-state index < -0.39 is 35.8 Å². The molecule has 8 heteroatoms. The molecule has 2 aromatic carbocycles. The van der Waals surface area contributed by atoms with Gasteiger partial charge < -0.3 is 4.74 Å². The van der Waals surface area contributed by atoms with Crippen LogP contribution in [0.1, 0.15) is 41.5 Å². The fourth-order valence-corrected chi connectivity index (χ4v) is 3.66. The van der Waals surface area contributed by atoms with Crippen LogP contribution in [0.2, 0.25) is 0 Å². The SMILES string of the molecule is CC(C)(C)OC(=O)CN(C(=O)CN1C(=O)c2ccccc2C1=O)c1ccc2ncccc2c1. The van der Waals surface area contributed by atoms with Gasteiger partial charge in [-0.05, 0) is 57.2 Å². The predicted molar refractivity (Wildman–Crippen MR) is 122 cm³/mol. The highest BCUT2D eigenvalue weighted by Gasteiger charge is 2.37. The Hall–Kier alpha value is -4.07. The number of nitrogens with zero attached hydrogens (tertiary/aromatic N) is 3. The molecule has 0 fully saturated rings. The van der Waals surface area contributed by atoms with Crippen LogP contribution in [-0.2, 0) is 14.3 Å². The van der Waals surface area contributed by atoms with E-state index in [1.165, 1.54) is 4.90 Å². The number of fused-ring (bicyclic) bond motifs is 2. The standard InChI is InChI=1S/C25H23N3O5/c1-25(2,3)33-22(30)15-27(17-10-11-20-16(13-17)7-6-12-26-20)21(29)14-28-23(31)18-8-4-5-9-19(18)24(28)32/h4-13H,14-15H2,1-3H3. The zero-order chi connectivity index (χ0) is 23.8. The minimum Gasteiger partial charge on any atom is -0.459 e. The number of hydrogen-bond acceptors (Lipinski definition) is 6. The fraction of sp³-hybridized carbons (Fsp3) is 0.240. The minimum absolute atomic E-state index is 0.255. The van der Waals surface area contributed by atoms with Crippen LogP contribution < -0.4 is 4.90 Å². The molecule has 0 unspecified atom stereocenters. The lowest BCUT2D eigenvalue weighted by Gasteiger charge is -2.26. The van der Waals surface area contributed by atoms with Gasteiger partial charge in [0.1, 0.15) is 18.7 Å². The van der Waals surface area contributed by atoms with Crippen LogP contribution in [0.15, 0.2) is 60.8 Å². The average molecular weight is 445 g/mol. The number of aromatic nitrogens is 1. The van der Waals surface area contributed by atoms with Crippen LogP contribution in [0.3, 0.4) is 0 Å². The normalized spacial score (nSPS) is 13.2. The van der Waals surface area contributed by atoms with Crippen LogP contribution in [0, 0.1) is 0 Å². The van der Waals surface area contributed by atoms with Crippen molar-refractivity contribution < 1.29 is 23.9 Å². The predicted octanol–water partition coefficient (Wildman–Crippen LogP) is 3.21. The van der Waals surface area contributed by atoms with Gasteiger partial charge in [0.15, 0.2) is 0 Å². The van der Waals surface area contributed by atoms with Crippen molar-refractivity contribution in [1.82, 2.24) is 9.88 Å². The Kier molecular flexibility index (Phi) is 5.68. The average Bonchev–Trinajstić information content (AvgIpc) is 3.01. The Bertz CT molecular complexity index is 1240. The molecule has 0 atom stereocenters. The fourth-order valence-electron chi connectivity index (χ4n) is 3.66. The van der Waals surface area contributed by atoms with E-state index in [1.54, 1.807) is 75.5 Å². The number of imide groups is 1. The Morgan fingerprint density at radius 2 is 1.64 bits per heavy atom. The van der Waals surface area contributed by atoms with Gasteiger partial charge in [0.05, 0.1) is 16.6 Å². The zero-order valence-corrected chi connectivity index (χ0v) is 18.6. The van der Waals surface area contributed by atoms with Crippen molar-refractivity contribution in [3.63, 3.8) is 0 Å². The quantitative estimate of drug-likeness (QED) is 0.442. The maximum absolute atomic E-state index is 13.3. The van der Waals surface area contributed by atoms with E-state index in [0.717, 1.165) is 15.8 Å². The summed E-state index contributed by atoms with van der Waals surface area (Å²) in [5.74, 6) is -2.27. The second-order valence-electron chi connectivity index (χ2n) is 8.69. The summed E-state index contributed by atoms with van der Waals surface area (Å²) >= 11 is 0. The number of carbonyl (C=O) groups is 4. The summed E-state index contributed by atoms with van der Waals surface area (Å²) in [5.41, 5.74) is 0.938. The lowest BCUT2D eigenvalue weighted by molar-refractivity contribution is -0.153. The van der Waals surface area contributed by atoms with Gasteiger partial charge in [-0.1, -0.05) is 18.2 Å². The van der Waals surface area contributed by atoms with Crippen molar-refractivity contribution in [3.8, 4) is 0 Å². The van der Waals surface area contributed by atoms with E-state index in [9.17, 15) is 19.2 Å². The van der Waals surface area contributed by atoms with Gasteiger partial charge in [-0.25, -0.2) is 0 Å². The largest absolute Gasteiger partial charge is 0.459 e. The molecule has 33 heavy (non-hydrogen) atoms. The first kappa shape index (κ1) is 22.1. The van der Waals surface area contributed by atoms with Crippen molar-refractivity contribution in [3.05, 3.63) is 71.9 Å². The molecule has 0 spiro atoms. The molecule has 0 bridgehead atoms. The summed E-state index contributed by atoms with van der Waals surface area (Å²) in [4.78, 5) is 57.8. The summed E-state index contributed by atoms with van der Waals surface area (Å²) in [7, 11) is 0. The van der Waals surface area contributed by atoms with Gasteiger partial charge in [0.25, 0.3) is 11.8 Å². The van der Waals surface area contributed by atoms with Gasteiger partial charge in [-0.2, -0.15) is 0 Å². The second kappa shape index (κ2) is 8.46. The summed E-state index contributed by atoms with van der Waals surface area (Å²) in [5, 5.41) is 0.776. The molecular formula is C25H23N3O5.